The maximum absolute atomic E-state index is 12.5. The van der Waals surface area contributed by atoms with E-state index in [0.29, 0.717) is 11.4 Å². The third kappa shape index (κ3) is 5.00. The second-order valence-electron chi connectivity index (χ2n) is 4.54. The Morgan fingerprint density at radius 2 is 1.48 bits per heavy atom. The summed E-state index contributed by atoms with van der Waals surface area (Å²) in [6.07, 6.45) is -4.89. The van der Waals surface area contributed by atoms with E-state index in [0.717, 1.165) is 0 Å². The lowest BCUT2D eigenvalue weighted by atomic mass is 10.2. The smallest absolute Gasteiger partial charge is 0.496 e. The number of rotatable bonds is 6. The van der Waals surface area contributed by atoms with Gasteiger partial charge in [-0.25, -0.2) is 0 Å². The number of azo groups is 1. The Hall–Kier alpha value is -2.97. The molecule has 2 aromatic rings. The van der Waals surface area contributed by atoms with E-state index >= 15 is 0 Å². The van der Waals surface area contributed by atoms with Gasteiger partial charge in [-0.1, -0.05) is 0 Å². The average Bonchev–Trinajstić information content (AvgIpc) is 2.59. The van der Waals surface area contributed by atoms with Gasteiger partial charge >= 0.3 is 6.36 Å². The third-order valence-corrected chi connectivity index (χ3v) is 2.93. The molecule has 133 valence electrons. The van der Waals surface area contributed by atoms with E-state index in [1.54, 1.807) is 18.2 Å². The van der Waals surface area contributed by atoms with Crippen molar-refractivity contribution in [3.05, 3.63) is 36.4 Å². The summed E-state index contributed by atoms with van der Waals surface area (Å²) in [5.41, 5.74) is 0.702. The largest absolute Gasteiger partial charge is 0.573 e. The average molecular weight is 355 g/mol. The Bertz CT molecular complexity index is 721. The minimum atomic E-state index is -4.89. The molecule has 0 spiro atoms. The van der Waals surface area contributed by atoms with E-state index < -0.39 is 12.1 Å². The van der Waals surface area contributed by atoms with Gasteiger partial charge in [0.2, 0.25) is 5.75 Å². The van der Waals surface area contributed by atoms with Crippen LogP contribution in [-0.4, -0.2) is 27.7 Å². The van der Waals surface area contributed by atoms with Gasteiger partial charge in [0.1, 0.15) is 5.75 Å². The first-order valence-corrected chi connectivity index (χ1v) is 6.85. The molecule has 0 unspecified atom stereocenters. The summed E-state index contributed by atoms with van der Waals surface area (Å²) in [6.45, 7) is 0. The molecule has 2 aromatic carbocycles. The first kappa shape index (κ1) is 18.4. The number of nitrogens with zero attached hydrogens (tertiary/aromatic N) is 2. The molecule has 0 aliphatic heterocycles. The van der Waals surface area contributed by atoms with Gasteiger partial charge in [0.05, 0.1) is 32.7 Å². The van der Waals surface area contributed by atoms with Crippen LogP contribution in [0.1, 0.15) is 0 Å². The van der Waals surface area contributed by atoms with Crippen LogP contribution in [0.2, 0.25) is 0 Å². The van der Waals surface area contributed by atoms with Crippen LogP contribution in [-0.2, 0) is 0 Å². The van der Waals surface area contributed by atoms with Gasteiger partial charge in [-0.2, -0.15) is 10.2 Å². The predicted octanol–water partition coefficient (Wildman–Crippen LogP) is 4.83. The molecule has 0 saturated carbocycles. The molecule has 0 aliphatic carbocycles. The zero-order valence-electron chi connectivity index (χ0n) is 13.5. The summed E-state index contributed by atoms with van der Waals surface area (Å²) in [5, 5.41) is 7.93. The molecule has 6 nitrogen and oxygen atoms in total. The van der Waals surface area contributed by atoms with Crippen molar-refractivity contribution in [3.8, 4) is 23.0 Å². The topological polar surface area (TPSA) is 61.6 Å². The zero-order chi connectivity index (χ0) is 18.4. The molecular formula is C16H14F3N2O4. The summed E-state index contributed by atoms with van der Waals surface area (Å²) < 4.78 is 56.3. The SMILES string of the molecule is COc1[c]cc(/N=N/c2cc(OC)c(OC(F)(F)F)c(OC)c2)cc1. The van der Waals surface area contributed by atoms with E-state index in [-0.39, 0.29) is 17.2 Å². The lowest BCUT2D eigenvalue weighted by molar-refractivity contribution is -0.275. The van der Waals surface area contributed by atoms with Crippen LogP contribution in [0.4, 0.5) is 24.5 Å². The van der Waals surface area contributed by atoms with E-state index in [4.69, 9.17) is 14.2 Å². The Balaban J connectivity index is 2.33. The molecule has 0 saturated heterocycles. The fraction of sp³-hybridized carbons (Fsp3) is 0.250. The monoisotopic (exact) mass is 355 g/mol. The van der Waals surface area contributed by atoms with E-state index in [1.165, 1.54) is 33.5 Å². The van der Waals surface area contributed by atoms with Gasteiger partial charge < -0.3 is 18.9 Å². The molecule has 0 N–H and O–H groups in total. The molecule has 0 aromatic heterocycles. The molecular weight excluding hydrogens is 341 g/mol. The lowest BCUT2D eigenvalue weighted by Gasteiger charge is -2.15. The first-order chi connectivity index (χ1) is 11.9. The second kappa shape index (κ2) is 7.73. The highest BCUT2D eigenvalue weighted by Crippen LogP contribution is 2.43. The maximum atomic E-state index is 12.5. The molecule has 2 rings (SSSR count). The van der Waals surface area contributed by atoms with Crippen LogP contribution in [0.15, 0.2) is 40.6 Å². The highest BCUT2D eigenvalue weighted by Gasteiger charge is 2.34. The van der Waals surface area contributed by atoms with Crippen LogP contribution < -0.4 is 18.9 Å². The zero-order valence-corrected chi connectivity index (χ0v) is 13.5. The molecule has 9 heteroatoms. The van der Waals surface area contributed by atoms with Crippen LogP contribution in [0.5, 0.6) is 23.0 Å². The van der Waals surface area contributed by atoms with Crippen molar-refractivity contribution >= 4 is 11.4 Å². The summed E-state index contributed by atoms with van der Waals surface area (Å²) in [4.78, 5) is 0. The molecule has 1 radical (unpaired) electrons. The fourth-order valence-corrected chi connectivity index (χ4v) is 1.85. The fourth-order valence-electron chi connectivity index (χ4n) is 1.85. The Morgan fingerprint density at radius 1 is 0.880 bits per heavy atom. The highest BCUT2D eigenvalue weighted by molar-refractivity contribution is 5.60. The van der Waals surface area contributed by atoms with Crippen LogP contribution >= 0.6 is 0 Å². The summed E-state index contributed by atoms with van der Waals surface area (Å²) >= 11 is 0. The van der Waals surface area contributed by atoms with Gasteiger partial charge in [-0.3, -0.25) is 0 Å². The summed E-state index contributed by atoms with van der Waals surface area (Å²) in [7, 11) is 3.92. The standard InChI is InChI=1S/C16H14F3N2O4/c1-22-12-6-4-10(5-7-12)20-21-11-8-13(23-2)15(14(9-11)24-3)25-16(17,18)19/h4-6,8-9H,1-3H3/b21-20+. The number of hydrogen-bond donors (Lipinski definition) is 0. The van der Waals surface area contributed by atoms with Gasteiger partial charge in [-0.15, -0.1) is 13.2 Å². The van der Waals surface area contributed by atoms with Crippen molar-refractivity contribution in [2.24, 2.45) is 10.2 Å². The van der Waals surface area contributed by atoms with Crippen LogP contribution in [0.3, 0.4) is 0 Å². The van der Waals surface area contributed by atoms with Crippen LogP contribution in [0, 0.1) is 6.07 Å². The van der Waals surface area contributed by atoms with Gasteiger partial charge in [0.25, 0.3) is 0 Å². The summed E-state index contributed by atoms with van der Waals surface area (Å²) in [5.74, 6) is -0.427. The quantitative estimate of drug-likeness (QED) is 0.697. The molecule has 0 heterocycles. The van der Waals surface area contributed by atoms with Crippen molar-refractivity contribution in [1.29, 1.82) is 0 Å². The number of halogens is 3. The molecule has 0 fully saturated rings. The number of hydrogen-bond acceptors (Lipinski definition) is 6. The van der Waals surface area contributed by atoms with Crippen molar-refractivity contribution in [1.82, 2.24) is 0 Å². The molecule has 0 bridgehead atoms. The lowest BCUT2D eigenvalue weighted by Crippen LogP contribution is -2.18. The predicted molar refractivity (Wildman–Crippen MR) is 82.2 cm³/mol. The van der Waals surface area contributed by atoms with Gasteiger partial charge in [0.15, 0.2) is 11.5 Å². The maximum Gasteiger partial charge on any atom is 0.573 e. The number of alkyl halides is 3. The second-order valence-corrected chi connectivity index (χ2v) is 4.54. The van der Waals surface area contributed by atoms with Gasteiger partial charge in [0, 0.05) is 18.2 Å². The molecule has 0 aliphatic rings. The van der Waals surface area contributed by atoms with Crippen molar-refractivity contribution in [2.45, 2.75) is 6.36 Å². The van der Waals surface area contributed by atoms with Crippen molar-refractivity contribution < 1.29 is 32.1 Å². The van der Waals surface area contributed by atoms with Crippen molar-refractivity contribution in [2.75, 3.05) is 21.3 Å². The Kier molecular flexibility index (Phi) is 5.68. The normalized spacial score (nSPS) is 11.4. The third-order valence-electron chi connectivity index (χ3n) is 2.93. The van der Waals surface area contributed by atoms with E-state index in [9.17, 15) is 13.2 Å². The minimum Gasteiger partial charge on any atom is -0.496 e. The Morgan fingerprint density at radius 3 is 1.92 bits per heavy atom. The summed E-state index contributed by atoms with van der Waals surface area (Å²) in [6, 6.07) is 10.2. The number of ether oxygens (including phenoxy) is 4. The van der Waals surface area contributed by atoms with E-state index in [1.807, 2.05) is 0 Å². The van der Waals surface area contributed by atoms with Gasteiger partial charge in [-0.05, 0) is 18.2 Å². The van der Waals surface area contributed by atoms with Crippen LogP contribution in [0.25, 0.3) is 0 Å². The minimum absolute atomic E-state index is 0.188. The number of benzene rings is 2. The molecule has 0 atom stereocenters. The molecule has 25 heavy (non-hydrogen) atoms. The first-order valence-electron chi connectivity index (χ1n) is 6.85. The number of methoxy groups -OCH3 is 3. The molecule has 0 amide bonds. The highest BCUT2D eigenvalue weighted by atomic mass is 19.4. The van der Waals surface area contributed by atoms with Crippen molar-refractivity contribution in [3.63, 3.8) is 0 Å². The van der Waals surface area contributed by atoms with E-state index in [2.05, 4.69) is 21.0 Å². The Labute approximate surface area is 141 Å².